The number of nitrogens with one attached hydrogen (secondary N) is 2. The van der Waals surface area contributed by atoms with Gasteiger partial charge in [0.2, 0.25) is 5.91 Å². The molecule has 0 bridgehead atoms. The number of carbonyl (C=O) groups is 3. The molecular formula is C28H18Cl2F4N2O6. The van der Waals surface area contributed by atoms with Gasteiger partial charge in [-0.3, -0.25) is 14.4 Å². The fourth-order valence-electron chi connectivity index (χ4n) is 3.87. The van der Waals surface area contributed by atoms with Crippen molar-refractivity contribution in [2.75, 3.05) is 10.6 Å². The van der Waals surface area contributed by atoms with E-state index in [1.54, 1.807) is 6.92 Å². The smallest absolute Gasteiger partial charge is 0.303 e. The number of aryl methyl sites for hydroxylation is 1. The van der Waals surface area contributed by atoms with E-state index in [-0.39, 0.29) is 35.0 Å². The molecule has 0 unspecified atom stereocenters. The van der Waals surface area contributed by atoms with Gasteiger partial charge in [-0.15, -0.1) is 0 Å². The zero-order valence-electron chi connectivity index (χ0n) is 21.3. The Morgan fingerprint density at radius 3 is 2.07 bits per heavy atom. The first-order chi connectivity index (χ1) is 19.8. The highest BCUT2D eigenvalue weighted by atomic mass is 35.5. The van der Waals surface area contributed by atoms with Gasteiger partial charge in [0.05, 0.1) is 33.5 Å². The van der Waals surface area contributed by atoms with Gasteiger partial charge in [-0.2, -0.15) is 0 Å². The van der Waals surface area contributed by atoms with Gasteiger partial charge >= 0.3 is 5.97 Å². The van der Waals surface area contributed by atoms with E-state index in [0.29, 0.717) is 10.6 Å². The van der Waals surface area contributed by atoms with Gasteiger partial charge in [-0.1, -0.05) is 23.2 Å². The summed E-state index contributed by atoms with van der Waals surface area (Å²) in [5.74, 6) is -13.1. The highest BCUT2D eigenvalue weighted by Gasteiger charge is 2.29. The van der Waals surface area contributed by atoms with Crippen molar-refractivity contribution in [3.8, 4) is 17.2 Å². The number of phenolic OH excluding ortho intramolecular Hbond substituents is 1. The number of fused-ring (bicyclic) bond motifs is 1. The third kappa shape index (κ3) is 6.19. The summed E-state index contributed by atoms with van der Waals surface area (Å²) in [4.78, 5) is 35.6. The van der Waals surface area contributed by atoms with E-state index in [0.717, 1.165) is 6.07 Å². The van der Waals surface area contributed by atoms with Gasteiger partial charge in [0.1, 0.15) is 17.2 Å². The van der Waals surface area contributed by atoms with Crippen LogP contribution in [-0.4, -0.2) is 28.0 Å². The monoisotopic (exact) mass is 624 g/mol. The number of phenols is 1. The number of halogens is 6. The summed E-state index contributed by atoms with van der Waals surface area (Å²) in [5, 5.41) is 22.4. The molecule has 0 aliphatic rings. The maximum atomic E-state index is 14.9. The van der Waals surface area contributed by atoms with E-state index >= 15 is 0 Å². The van der Waals surface area contributed by atoms with E-state index in [1.807, 2.05) is 0 Å². The van der Waals surface area contributed by atoms with Crippen LogP contribution >= 0.6 is 23.2 Å². The van der Waals surface area contributed by atoms with Crippen LogP contribution in [0.3, 0.4) is 0 Å². The minimum absolute atomic E-state index is 0.0104. The van der Waals surface area contributed by atoms with Gasteiger partial charge in [-0.25, -0.2) is 17.6 Å². The van der Waals surface area contributed by atoms with Crippen LogP contribution in [0.4, 0.5) is 28.9 Å². The Morgan fingerprint density at radius 1 is 0.833 bits per heavy atom. The number of carboxylic acids is 1. The molecule has 0 atom stereocenters. The number of benzene rings is 4. The molecule has 14 heteroatoms. The second kappa shape index (κ2) is 12.1. The van der Waals surface area contributed by atoms with Gasteiger partial charge in [0, 0.05) is 17.1 Å². The normalized spacial score (nSPS) is 10.9. The standard InChI is InChI=1S/C28H18Cl2F4N2O6/c1-11-8-17(16(30)10-15(11)29)36-28(41)14-9-18(21-22(27(14)40)24(32)26(34)25(33)23(21)31)42-13-4-2-12(3-5-13)35-19(37)6-7-20(38)39/h2-5,8-10,40H,6-7H2,1H3,(H,35,37)(H,36,41)(H,38,39). The topological polar surface area (TPSA) is 125 Å². The molecule has 0 spiro atoms. The molecule has 218 valence electrons. The minimum Gasteiger partial charge on any atom is -0.506 e. The number of carbonyl (C=O) groups excluding carboxylic acids is 2. The first-order valence-electron chi connectivity index (χ1n) is 11.9. The van der Waals surface area contributed by atoms with E-state index in [4.69, 9.17) is 33.0 Å². The van der Waals surface area contributed by atoms with E-state index in [1.165, 1.54) is 36.4 Å². The van der Waals surface area contributed by atoms with Crippen LogP contribution < -0.4 is 15.4 Å². The number of hydrogen-bond donors (Lipinski definition) is 4. The lowest BCUT2D eigenvalue weighted by atomic mass is 10.0. The van der Waals surface area contributed by atoms with Gasteiger partial charge in [0.15, 0.2) is 23.3 Å². The lowest BCUT2D eigenvalue weighted by Gasteiger charge is -2.16. The van der Waals surface area contributed by atoms with E-state index in [2.05, 4.69) is 10.6 Å². The molecule has 8 nitrogen and oxygen atoms in total. The maximum Gasteiger partial charge on any atom is 0.303 e. The van der Waals surface area contributed by atoms with Crippen molar-refractivity contribution in [1.82, 2.24) is 0 Å². The summed E-state index contributed by atoms with van der Waals surface area (Å²) in [6.45, 7) is 1.62. The molecule has 0 aliphatic heterocycles. The Hall–Kier alpha value is -4.55. The number of carboxylic acid groups (broad SMARTS) is 1. The predicted molar refractivity (Wildman–Crippen MR) is 147 cm³/mol. The zero-order chi connectivity index (χ0) is 30.9. The zero-order valence-corrected chi connectivity index (χ0v) is 22.8. The van der Waals surface area contributed by atoms with Crippen molar-refractivity contribution in [3.05, 3.63) is 86.9 Å². The molecular weight excluding hydrogens is 607 g/mol. The molecule has 0 saturated heterocycles. The fourth-order valence-corrected chi connectivity index (χ4v) is 4.30. The molecule has 0 radical (unpaired) electrons. The minimum atomic E-state index is -2.22. The Kier molecular flexibility index (Phi) is 8.78. The van der Waals surface area contributed by atoms with Crippen LogP contribution in [0.2, 0.25) is 10.0 Å². The fraction of sp³-hybridized carbons (Fsp3) is 0.107. The average Bonchev–Trinajstić information content (AvgIpc) is 2.94. The van der Waals surface area contributed by atoms with Crippen molar-refractivity contribution < 1.29 is 46.9 Å². The molecule has 4 aromatic rings. The van der Waals surface area contributed by atoms with Crippen molar-refractivity contribution in [1.29, 1.82) is 0 Å². The molecule has 0 aromatic heterocycles. The third-order valence-electron chi connectivity index (χ3n) is 5.95. The Bertz CT molecular complexity index is 1770. The molecule has 4 rings (SSSR count). The highest BCUT2D eigenvalue weighted by Crippen LogP contribution is 2.43. The second-order valence-electron chi connectivity index (χ2n) is 8.88. The van der Waals surface area contributed by atoms with Crippen LogP contribution in [-0.2, 0) is 9.59 Å². The lowest BCUT2D eigenvalue weighted by Crippen LogP contribution is -2.14. The predicted octanol–water partition coefficient (Wildman–Crippen LogP) is 7.56. The average molecular weight is 625 g/mol. The summed E-state index contributed by atoms with van der Waals surface area (Å²) in [6, 6.07) is 8.72. The quantitative estimate of drug-likeness (QED) is 0.0910. The molecule has 0 saturated carbocycles. The molecule has 42 heavy (non-hydrogen) atoms. The Balaban J connectivity index is 1.76. The number of aliphatic carboxylic acids is 1. The highest BCUT2D eigenvalue weighted by molar-refractivity contribution is 6.37. The van der Waals surface area contributed by atoms with Crippen LogP contribution in [0.25, 0.3) is 10.8 Å². The summed E-state index contributed by atoms with van der Waals surface area (Å²) < 4.78 is 63.8. The number of aromatic hydroxyl groups is 1. The Morgan fingerprint density at radius 2 is 1.45 bits per heavy atom. The van der Waals surface area contributed by atoms with Gasteiger partial charge in [0.25, 0.3) is 5.91 Å². The van der Waals surface area contributed by atoms with Crippen molar-refractivity contribution in [2.45, 2.75) is 19.8 Å². The second-order valence-corrected chi connectivity index (χ2v) is 9.69. The first-order valence-corrected chi connectivity index (χ1v) is 12.6. The first kappa shape index (κ1) is 30.4. The van der Waals surface area contributed by atoms with Crippen LogP contribution in [0, 0.1) is 30.2 Å². The number of anilines is 2. The largest absolute Gasteiger partial charge is 0.506 e. The molecule has 4 N–H and O–H groups in total. The maximum absolute atomic E-state index is 14.9. The van der Waals surface area contributed by atoms with Crippen molar-refractivity contribution in [3.63, 3.8) is 0 Å². The van der Waals surface area contributed by atoms with Crippen molar-refractivity contribution in [2.24, 2.45) is 0 Å². The lowest BCUT2D eigenvalue weighted by molar-refractivity contribution is -0.138. The number of ether oxygens (including phenoxy) is 1. The molecule has 0 heterocycles. The summed E-state index contributed by atoms with van der Waals surface area (Å²) in [5.41, 5.74) is 0.0976. The molecule has 2 amide bonds. The van der Waals surface area contributed by atoms with Crippen LogP contribution in [0.5, 0.6) is 17.2 Å². The molecule has 4 aromatic carbocycles. The van der Waals surface area contributed by atoms with E-state index in [9.17, 15) is 37.1 Å². The number of amides is 2. The van der Waals surface area contributed by atoms with Gasteiger partial charge < -0.3 is 25.6 Å². The summed E-state index contributed by atoms with van der Waals surface area (Å²) >= 11 is 12.1. The number of rotatable bonds is 8. The number of hydrogen-bond acceptors (Lipinski definition) is 5. The third-order valence-corrected chi connectivity index (χ3v) is 6.67. The van der Waals surface area contributed by atoms with Gasteiger partial charge in [-0.05, 0) is 55.0 Å². The van der Waals surface area contributed by atoms with Crippen LogP contribution in [0.15, 0.2) is 42.5 Å². The molecule has 0 aliphatic carbocycles. The van der Waals surface area contributed by atoms with Crippen molar-refractivity contribution >= 4 is 63.1 Å². The molecule has 0 fully saturated rings. The van der Waals surface area contributed by atoms with Crippen LogP contribution in [0.1, 0.15) is 28.8 Å². The summed E-state index contributed by atoms with van der Waals surface area (Å²) in [7, 11) is 0. The van der Waals surface area contributed by atoms with E-state index < -0.39 is 68.9 Å². The SMILES string of the molecule is Cc1cc(NC(=O)c2cc(Oc3ccc(NC(=O)CCC(=O)O)cc3)c3c(F)c(F)c(F)c(F)c3c2O)c(Cl)cc1Cl. The summed E-state index contributed by atoms with van der Waals surface area (Å²) in [6.07, 6.45) is -0.675. The Labute approximate surface area is 244 Å².